The fourth-order valence-electron chi connectivity index (χ4n) is 3.49. The van der Waals surface area contributed by atoms with Gasteiger partial charge in [-0.05, 0) is 31.2 Å². The van der Waals surface area contributed by atoms with Gasteiger partial charge in [-0.25, -0.2) is 4.68 Å². The molecule has 4 rings (SSSR count). The van der Waals surface area contributed by atoms with E-state index in [-0.39, 0.29) is 5.91 Å². The SMILES string of the molecule is COc1ccc(NC(=O)C2=C(C)Nc3ncnn3C2c2ccc(Cl)cc2Cl)c(OC)c1. The Bertz CT molecular complexity index is 1190. The molecule has 2 heterocycles. The van der Waals surface area contributed by atoms with Crippen LogP contribution in [-0.2, 0) is 4.79 Å². The maximum atomic E-state index is 13.5. The highest BCUT2D eigenvalue weighted by molar-refractivity contribution is 6.35. The summed E-state index contributed by atoms with van der Waals surface area (Å²) in [7, 11) is 3.08. The third-order valence-corrected chi connectivity index (χ3v) is 5.52. The van der Waals surface area contributed by atoms with Crippen LogP contribution in [0.5, 0.6) is 11.5 Å². The van der Waals surface area contributed by atoms with Crippen molar-refractivity contribution in [3.05, 3.63) is 69.6 Å². The maximum Gasteiger partial charge on any atom is 0.255 e. The molecule has 0 radical (unpaired) electrons. The molecule has 1 aliphatic rings. The first-order valence-corrected chi connectivity index (χ1v) is 10.0. The number of benzene rings is 2. The number of ether oxygens (including phenoxy) is 2. The quantitative estimate of drug-likeness (QED) is 0.582. The molecule has 1 aromatic heterocycles. The Kier molecular flexibility index (Phi) is 5.75. The van der Waals surface area contributed by atoms with E-state index in [0.717, 1.165) is 0 Å². The minimum Gasteiger partial charge on any atom is -0.497 e. The van der Waals surface area contributed by atoms with Crippen LogP contribution >= 0.6 is 23.2 Å². The number of aromatic nitrogens is 3. The molecule has 31 heavy (non-hydrogen) atoms. The Balaban J connectivity index is 1.77. The zero-order valence-corrected chi connectivity index (χ0v) is 18.5. The lowest BCUT2D eigenvalue weighted by Gasteiger charge is -2.29. The lowest BCUT2D eigenvalue weighted by Crippen LogP contribution is -2.31. The van der Waals surface area contributed by atoms with Crippen molar-refractivity contribution in [1.82, 2.24) is 14.8 Å². The number of carbonyl (C=O) groups excluding carboxylic acids is 1. The van der Waals surface area contributed by atoms with Gasteiger partial charge in [-0.3, -0.25) is 4.79 Å². The molecule has 10 heteroatoms. The molecule has 1 unspecified atom stereocenters. The lowest BCUT2D eigenvalue weighted by atomic mass is 9.95. The van der Waals surface area contributed by atoms with Crippen molar-refractivity contribution in [2.45, 2.75) is 13.0 Å². The molecule has 8 nitrogen and oxygen atoms in total. The topological polar surface area (TPSA) is 90.3 Å². The van der Waals surface area contributed by atoms with Crippen LogP contribution in [-0.4, -0.2) is 34.9 Å². The van der Waals surface area contributed by atoms with Gasteiger partial charge in [0.1, 0.15) is 23.9 Å². The van der Waals surface area contributed by atoms with Crippen LogP contribution < -0.4 is 20.1 Å². The second kappa shape index (κ2) is 8.49. The van der Waals surface area contributed by atoms with Gasteiger partial charge in [0.05, 0.1) is 25.5 Å². The molecule has 0 fully saturated rings. The molecule has 3 aromatic rings. The number of carbonyl (C=O) groups is 1. The first-order chi connectivity index (χ1) is 14.9. The monoisotopic (exact) mass is 459 g/mol. The number of allylic oxidation sites excluding steroid dienone is 1. The van der Waals surface area contributed by atoms with Crippen LogP contribution in [0, 0.1) is 0 Å². The molecule has 1 atom stereocenters. The second-order valence-corrected chi connectivity index (χ2v) is 7.62. The molecule has 0 aliphatic carbocycles. The minimum absolute atomic E-state index is 0.342. The van der Waals surface area contributed by atoms with Gasteiger partial charge in [-0.1, -0.05) is 29.3 Å². The lowest BCUT2D eigenvalue weighted by molar-refractivity contribution is -0.113. The van der Waals surface area contributed by atoms with Gasteiger partial charge < -0.3 is 20.1 Å². The Labute approximate surface area is 188 Å². The van der Waals surface area contributed by atoms with E-state index in [4.69, 9.17) is 32.7 Å². The van der Waals surface area contributed by atoms with Crippen molar-refractivity contribution in [3.63, 3.8) is 0 Å². The predicted molar refractivity (Wildman–Crippen MR) is 119 cm³/mol. The summed E-state index contributed by atoms with van der Waals surface area (Å²) in [6, 6.07) is 9.68. The van der Waals surface area contributed by atoms with Crippen LogP contribution in [0.25, 0.3) is 0 Å². The van der Waals surface area contributed by atoms with Gasteiger partial charge in [0.15, 0.2) is 0 Å². The number of rotatable bonds is 5. The summed E-state index contributed by atoms with van der Waals surface area (Å²) in [6.07, 6.45) is 1.42. The number of fused-ring (bicyclic) bond motifs is 1. The van der Waals surface area contributed by atoms with E-state index in [2.05, 4.69) is 20.7 Å². The Morgan fingerprint density at radius 3 is 2.68 bits per heavy atom. The summed E-state index contributed by atoms with van der Waals surface area (Å²) in [5.74, 6) is 1.25. The molecule has 0 spiro atoms. The molecule has 1 aliphatic heterocycles. The van der Waals surface area contributed by atoms with Crippen molar-refractivity contribution in [3.8, 4) is 11.5 Å². The molecule has 160 valence electrons. The van der Waals surface area contributed by atoms with Crippen LogP contribution in [0.3, 0.4) is 0 Å². The molecular formula is C21H19Cl2N5O3. The average molecular weight is 460 g/mol. The van der Waals surface area contributed by atoms with E-state index in [1.807, 2.05) is 0 Å². The molecule has 2 N–H and O–H groups in total. The summed E-state index contributed by atoms with van der Waals surface area (Å²) in [6.45, 7) is 1.80. The van der Waals surface area contributed by atoms with Gasteiger partial charge in [0.2, 0.25) is 5.95 Å². The number of hydrogen-bond donors (Lipinski definition) is 2. The first-order valence-electron chi connectivity index (χ1n) is 9.28. The van der Waals surface area contributed by atoms with Gasteiger partial charge in [-0.2, -0.15) is 10.1 Å². The number of methoxy groups -OCH3 is 2. The van der Waals surface area contributed by atoms with E-state index in [0.29, 0.717) is 50.0 Å². The van der Waals surface area contributed by atoms with Gasteiger partial charge in [0.25, 0.3) is 5.91 Å². The summed E-state index contributed by atoms with van der Waals surface area (Å²) in [5, 5.41) is 11.3. The summed E-state index contributed by atoms with van der Waals surface area (Å²) in [5.41, 5.74) is 2.23. The minimum atomic E-state index is -0.604. The zero-order chi connectivity index (χ0) is 22.1. The van der Waals surface area contributed by atoms with E-state index < -0.39 is 6.04 Å². The highest BCUT2D eigenvalue weighted by Gasteiger charge is 2.35. The Hall–Kier alpha value is -3.23. The van der Waals surface area contributed by atoms with Gasteiger partial charge in [0, 0.05) is 27.4 Å². The largest absolute Gasteiger partial charge is 0.497 e. The molecule has 0 saturated heterocycles. The number of halogens is 2. The first kappa shape index (κ1) is 21.0. The highest BCUT2D eigenvalue weighted by atomic mass is 35.5. The highest BCUT2D eigenvalue weighted by Crippen LogP contribution is 2.39. The summed E-state index contributed by atoms with van der Waals surface area (Å²) in [4.78, 5) is 17.7. The van der Waals surface area contributed by atoms with Crippen LogP contribution in [0.2, 0.25) is 10.0 Å². The van der Waals surface area contributed by atoms with E-state index >= 15 is 0 Å². The number of nitrogens with zero attached hydrogens (tertiary/aromatic N) is 3. The third-order valence-electron chi connectivity index (χ3n) is 4.95. The Morgan fingerprint density at radius 1 is 1.16 bits per heavy atom. The van der Waals surface area contributed by atoms with Crippen molar-refractivity contribution >= 4 is 40.7 Å². The smallest absolute Gasteiger partial charge is 0.255 e. The van der Waals surface area contributed by atoms with Crippen LogP contribution in [0.4, 0.5) is 11.6 Å². The van der Waals surface area contributed by atoms with Gasteiger partial charge >= 0.3 is 0 Å². The fraction of sp³-hybridized carbons (Fsp3) is 0.190. The van der Waals surface area contributed by atoms with Crippen molar-refractivity contribution < 1.29 is 14.3 Å². The normalized spacial score (nSPS) is 15.2. The average Bonchev–Trinajstić information content (AvgIpc) is 3.21. The molecular weight excluding hydrogens is 441 g/mol. The van der Waals surface area contributed by atoms with E-state index in [1.54, 1.807) is 55.1 Å². The zero-order valence-electron chi connectivity index (χ0n) is 16.9. The second-order valence-electron chi connectivity index (χ2n) is 6.78. The fourth-order valence-corrected chi connectivity index (χ4v) is 4.00. The molecule has 1 amide bonds. The van der Waals surface area contributed by atoms with Crippen molar-refractivity contribution in [2.75, 3.05) is 24.9 Å². The third kappa shape index (κ3) is 3.92. The van der Waals surface area contributed by atoms with Gasteiger partial charge in [-0.15, -0.1) is 0 Å². The standard InChI is InChI=1S/C21H19Cl2N5O3/c1-11-18(20(29)27-16-7-5-13(30-2)9-17(16)31-3)19(28-21(26-11)24-10-25-28)14-6-4-12(22)8-15(14)23/h4-10,19H,1-3H3,(H,27,29)(H,24,25,26). The van der Waals surface area contributed by atoms with E-state index in [1.165, 1.54) is 13.4 Å². The number of hydrogen-bond acceptors (Lipinski definition) is 6. The predicted octanol–water partition coefficient (Wildman–Crippen LogP) is 4.53. The molecule has 0 saturated carbocycles. The van der Waals surface area contributed by atoms with Crippen molar-refractivity contribution in [1.29, 1.82) is 0 Å². The number of amides is 1. The summed E-state index contributed by atoms with van der Waals surface area (Å²) >= 11 is 12.6. The van der Waals surface area contributed by atoms with Crippen LogP contribution in [0.15, 0.2) is 54.0 Å². The molecule has 0 bridgehead atoms. The van der Waals surface area contributed by atoms with Crippen LogP contribution in [0.1, 0.15) is 18.5 Å². The summed E-state index contributed by atoms with van der Waals surface area (Å²) < 4.78 is 12.2. The van der Waals surface area contributed by atoms with Crippen molar-refractivity contribution in [2.24, 2.45) is 0 Å². The Morgan fingerprint density at radius 2 is 1.97 bits per heavy atom. The van der Waals surface area contributed by atoms with E-state index in [9.17, 15) is 4.79 Å². The maximum absolute atomic E-state index is 13.5. The number of anilines is 2. The number of nitrogens with one attached hydrogen (secondary N) is 2. The molecule has 2 aromatic carbocycles.